The van der Waals surface area contributed by atoms with Crippen LogP contribution in [-0.2, 0) is 16.1 Å². The largest absolute Gasteiger partial charge is 0.480 e. The average Bonchev–Trinajstić information content (AvgIpc) is 2.65. The van der Waals surface area contributed by atoms with Gasteiger partial charge in [0.25, 0.3) is 5.91 Å². The number of anilines is 1. The number of carbonyl (C=O) groups is 2. The second-order valence-electron chi connectivity index (χ2n) is 6.42. The van der Waals surface area contributed by atoms with E-state index in [9.17, 15) is 14.4 Å². The average molecular weight is 386 g/mol. The Labute approximate surface area is 161 Å². The quantitative estimate of drug-likeness (QED) is 0.640. The van der Waals surface area contributed by atoms with Gasteiger partial charge in [0.2, 0.25) is 5.43 Å². The van der Waals surface area contributed by atoms with Crippen LogP contribution in [-0.4, -0.2) is 45.8 Å². The second kappa shape index (κ2) is 8.10. The topological polar surface area (TPSA) is 137 Å². The first-order valence-corrected chi connectivity index (χ1v) is 8.55. The number of rotatable bonds is 5. The van der Waals surface area contributed by atoms with Crippen molar-refractivity contribution in [2.24, 2.45) is 0 Å². The molecule has 2 aromatic heterocycles. The van der Waals surface area contributed by atoms with Crippen LogP contribution < -0.4 is 16.5 Å². The van der Waals surface area contributed by atoms with Gasteiger partial charge in [-0.1, -0.05) is 5.92 Å². The first-order chi connectivity index (χ1) is 13.1. The molecule has 0 radical (unpaired) electrons. The van der Waals surface area contributed by atoms with Crippen molar-refractivity contribution in [3.63, 3.8) is 0 Å². The number of ether oxygens (including phenoxy) is 1. The third kappa shape index (κ3) is 4.29. The van der Waals surface area contributed by atoms with Crippen LogP contribution in [0.15, 0.2) is 16.9 Å². The number of carboxylic acid groups (broad SMARTS) is 1. The number of fused-ring (bicyclic) bond motifs is 1. The van der Waals surface area contributed by atoms with Gasteiger partial charge in [-0.15, -0.1) is 0 Å². The number of nitrogens with one attached hydrogen (secondary N) is 1. The molecule has 0 aliphatic heterocycles. The highest BCUT2D eigenvalue weighted by atomic mass is 16.5. The van der Waals surface area contributed by atoms with Gasteiger partial charge in [-0.2, -0.15) is 0 Å². The summed E-state index contributed by atoms with van der Waals surface area (Å²) in [5.41, 5.74) is 5.09. The van der Waals surface area contributed by atoms with E-state index in [4.69, 9.17) is 15.6 Å². The van der Waals surface area contributed by atoms with E-state index in [0.717, 1.165) is 0 Å². The van der Waals surface area contributed by atoms with Gasteiger partial charge in [-0.25, -0.2) is 9.78 Å². The number of amides is 1. The van der Waals surface area contributed by atoms with Crippen LogP contribution in [0, 0.1) is 11.8 Å². The van der Waals surface area contributed by atoms with Gasteiger partial charge in [0.15, 0.2) is 0 Å². The fourth-order valence-electron chi connectivity index (χ4n) is 2.56. The highest BCUT2D eigenvalue weighted by Crippen LogP contribution is 2.17. The molecular weight excluding hydrogens is 364 g/mol. The number of nitrogen functional groups attached to an aromatic ring is 1. The summed E-state index contributed by atoms with van der Waals surface area (Å²) in [4.78, 5) is 39.8. The van der Waals surface area contributed by atoms with Crippen LogP contribution >= 0.6 is 0 Å². The molecule has 0 saturated heterocycles. The lowest BCUT2D eigenvalue weighted by Gasteiger charge is -2.17. The molecule has 0 unspecified atom stereocenters. The number of aromatic nitrogens is 2. The Hall–Kier alpha value is -3.38. The number of nitrogens with zero attached hydrogens (tertiary/aromatic N) is 2. The van der Waals surface area contributed by atoms with E-state index in [-0.39, 0.29) is 16.8 Å². The SMILES string of the molecule is CCn1c(N)c(C(=O)NC)c(=O)c2ccc(C#CC(C)(C)OCC(=O)O)nc21. The number of carbonyl (C=O) groups excluding carboxylic acids is 1. The number of aryl methyl sites for hydroxylation is 1. The molecule has 2 rings (SSSR count). The maximum absolute atomic E-state index is 12.7. The first-order valence-electron chi connectivity index (χ1n) is 8.55. The summed E-state index contributed by atoms with van der Waals surface area (Å²) < 4.78 is 6.79. The molecule has 0 spiro atoms. The van der Waals surface area contributed by atoms with Crippen molar-refractivity contribution in [3.8, 4) is 11.8 Å². The molecule has 2 heterocycles. The molecule has 9 nitrogen and oxygen atoms in total. The normalized spacial score (nSPS) is 11.0. The zero-order chi connectivity index (χ0) is 21.1. The van der Waals surface area contributed by atoms with E-state index >= 15 is 0 Å². The van der Waals surface area contributed by atoms with Crippen LogP contribution in [0.1, 0.15) is 36.8 Å². The number of carboxylic acids is 1. The van der Waals surface area contributed by atoms with Crippen LogP contribution in [0.3, 0.4) is 0 Å². The Balaban J connectivity index is 2.58. The van der Waals surface area contributed by atoms with Crippen molar-refractivity contribution < 1.29 is 19.4 Å². The van der Waals surface area contributed by atoms with Gasteiger partial charge >= 0.3 is 5.97 Å². The summed E-state index contributed by atoms with van der Waals surface area (Å²) in [5, 5.41) is 11.4. The molecule has 0 saturated carbocycles. The van der Waals surface area contributed by atoms with Gasteiger partial charge in [0, 0.05) is 13.6 Å². The Kier molecular flexibility index (Phi) is 6.06. The molecule has 1 amide bonds. The molecule has 4 N–H and O–H groups in total. The summed E-state index contributed by atoms with van der Waals surface area (Å²) in [6, 6.07) is 3.09. The van der Waals surface area contributed by atoms with Gasteiger partial charge < -0.3 is 25.5 Å². The zero-order valence-corrected chi connectivity index (χ0v) is 16.1. The monoisotopic (exact) mass is 386 g/mol. The van der Waals surface area contributed by atoms with Crippen LogP contribution in [0.4, 0.5) is 5.82 Å². The molecule has 0 fully saturated rings. The summed E-state index contributed by atoms with van der Waals surface area (Å²) in [6.45, 7) is 5.01. The molecule has 148 valence electrons. The lowest BCUT2D eigenvalue weighted by atomic mass is 10.1. The van der Waals surface area contributed by atoms with Crippen molar-refractivity contribution in [2.75, 3.05) is 19.4 Å². The Morgan fingerprint density at radius 1 is 1.39 bits per heavy atom. The molecule has 9 heteroatoms. The maximum Gasteiger partial charge on any atom is 0.329 e. The predicted molar refractivity (Wildman–Crippen MR) is 104 cm³/mol. The number of nitrogens with two attached hydrogens (primary N) is 1. The first kappa shape index (κ1) is 20.9. The Morgan fingerprint density at radius 3 is 2.64 bits per heavy atom. The standard InChI is InChI=1S/C19H22N4O5/c1-5-23-16(20)14(18(27)21-4)15(26)12-7-6-11(22-17(12)23)8-9-19(2,3)28-10-13(24)25/h6-7H,5,10,20H2,1-4H3,(H,21,27)(H,24,25). The summed E-state index contributed by atoms with van der Waals surface area (Å²) >= 11 is 0. The van der Waals surface area contributed by atoms with Crippen LogP contribution in [0.25, 0.3) is 11.0 Å². The maximum atomic E-state index is 12.7. The van der Waals surface area contributed by atoms with E-state index in [1.165, 1.54) is 13.1 Å². The van der Waals surface area contributed by atoms with Crippen LogP contribution in [0.2, 0.25) is 0 Å². The summed E-state index contributed by atoms with van der Waals surface area (Å²) in [6.07, 6.45) is 0. The lowest BCUT2D eigenvalue weighted by molar-refractivity contribution is -0.145. The van der Waals surface area contributed by atoms with E-state index in [2.05, 4.69) is 22.1 Å². The van der Waals surface area contributed by atoms with Crippen molar-refractivity contribution >= 4 is 28.7 Å². The minimum Gasteiger partial charge on any atom is -0.480 e. The minimum atomic E-state index is -1.09. The molecular formula is C19H22N4O5. The fraction of sp³-hybridized carbons (Fsp3) is 0.368. The smallest absolute Gasteiger partial charge is 0.329 e. The summed E-state index contributed by atoms with van der Waals surface area (Å²) in [5.74, 6) is 4.02. The lowest BCUT2D eigenvalue weighted by Crippen LogP contribution is -2.30. The number of pyridine rings is 2. The van der Waals surface area contributed by atoms with Gasteiger partial charge in [-0.3, -0.25) is 9.59 Å². The van der Waals surface area contributed by atoms with E-state index < -0.39 is 29.5 Å². The molecule has 0 aliphatic rings. The molecule has 28 heavy (non-hydrogen) atoms. The van der Waals surface area contributed by atoms with E-state index in [1.54, 1.807) is 24.5 Å². The van der Waals surface area contributed by atoms with Crippen molar-refractivity contribution in [3.05, 3.63) is 33.6 Å². The Morgan fingerprint density at radius 2 is 2.07 bits per heavy atom. The zero-order valence-electron chi connectivity index (χ0n) is 16.1. The minimum absolute atomic E-state index is 0.0297. The van der Waals surface area contributed by atoms with Gasteiger partial charge in [0.1, 0.15) is 34.9 Å². The highest BCUT2D eigenvalue weighted by Gasteiger charge is 2.20. The van der Waals surface area contributed by atoms with Crippen LogP contribution in [0.5, 0.6) is 0 Å². The fourth-order valence-corrected chi connectivity index (χ4v) is 2.56. The second-order valence-corrected chi connectivity index (χ2v) is 6.42. The van der Waals surface area contributed by atoms with Crippen molar-refractivity contribution in [1.29, 1.82) is 0 Å². The number of hydrogen-bond acceptors (Lipinski definition) is 6. The van der Waals surface area contributed by atoms with E-state index in [1.807, 2.05) is 6.92 Å². The Bertz CT molecular complexity index is 1060. The predicted octanol–water partition coefficient (Wildman–Crippen LogP) is 0.590. The van der Waals surface area contributed by atoms with E-state index in [0.29, 0.717) is 17.9 Å². The summed E-state index contributed by atoms with van der Waals surface area (Å²) in [7, 11) is 1.42. The van der Waals surface area contributed by atoms with Crippen molar-refractivity contribution in [2.45, 2.75) is 32.9 Å². The van der Waals surface area contributed by atoms with Gasteiger partial charge in [-0.05, 0) is 38.8 Å². The highest BCUT2D eigenvalue weighted by molar-refractivity contribution is 6.01. The number of hydrogen-bond donors (Lipinski definition) is 3. The van der Waals surface area contributed by atoms with Gasteiger partial charge in [0.05, 0.1) is 5.39 Å². The molecule has 0 atom stereocenters. The third-order valence-corrected chi connectivity index (χ3v) is 3.97. The third-order valence-electron chi connectivity index (χ3n) is 3.97. The van der Waals surface area contributed by atoms with Crippen molar-refractivity contribution in [1.82, 2.24) is 14.9 Å². The number of aliphatic carboxylic acids is 1. The molecule has 0 aliphatic carbocycles. The molecule has 0 bridgehead atoms. The molecule has 0 aromatic carbocycles. The molecule has 2 aromatic rings.